The molecule has 0 saturated heterocycles. The summed E-state index contributed by atoms with van der Waals surface area (Å²) in [7, 11) is -2.45. The molecule has 0 bridgehead atoms. The number of alkyl halides is 1. The Morgan fingerprint density at radius 1 is 0.317 bits per heavy atom. The second-order valence-electron chi connectivity index (χ2n) is 26.5. The van der Waals surface area contributed by atoms with Gasteiger partial charge in [-0.3, -0.25) is 4.18 Å². The van der Waals surface area contributed by atoms with E-state index in [9.17, 15) is 37.2 Å². The van der Waals surface area contributed by atoms with Gasteiger partial charge in [-0.15, -0.1) is 0 Å². The van der Waals surface area contributed by atoms with Gasteiger partial charge in [0.15, 0.2) is 30.5 Å². The van der Waals surface area contributed by atoms with Gasteiger partial charge in [0.2, 0.25) is 0 Å². The standard InChI is InChI=1S/C51H38Cl3NO10S.C45H36BrNO7/c1-61-55-31-45(63-50(57)40-25-19-37(20-26-40)34-13-7-3-8-14-34)48(64-51(58)41-27-21-38(22-28-41)35-15-9-4-10-16-35)46(65-66(59,60)47-30-43(53)42(52)29-44(47)54)32-62-49(56)39-23-17-36(18-24-39)33-11-5-2-6-12-33;1-51-47-29-41(53-44(49)38-25-19-35(20-26-38)32-13-7-3-8-14-32)42(54-45(50)39-27-21-36(22-28-39)33-15-9-4-10-16-33)40(46)30-52-43(48)37-23-17-34(18-24-37)31-11-5-2-6-12-31/h2-31,45-46,48H,32H2,1H3;2-29,40-42H,30H2,1H3/b55-31+;47-29+/t45-,46-,48+;40-,41+,42+/m01/s1. The number of hydrogen-bond acceptors (Lipinski definition) is 19. The Kier molecular flexibility index (Phi) is 30.4. The molecular weight excluding hydrogens is 1670 g/mol. The van der Waals surface area contributed by atoms with E-state index >= 15 is 0 Å². The van der Waals surface area contributed by atoms with Gasteiger partial charge in [-0.25, -0.2) is 28.8 Å². The third kappa shape index (κ3) is 23.4. The zero-order valence-electron chi connectivity index (χ0n) is 64.1. The third-order valence-corrected chi connectivity index (χ3v) is 21.9. The molecule has 6 atom stereocenters. The highest BCUT2D eigenvalue weighted by atomic mass is 79.9. The Morgan fingerprint density at radius 3 is 0.850 bits per heavy atom. The summed E-state index contributed by atoms with van der Waals surface area (Å²) in [6.07, 6.45) is -5.92. The number of nitrogens with zero attached hydrogens (tertiary/aromatic N) is 2. The molecule has 0 aliphatic carbocycles. The van der Waals surface area contributed by atoms with E-state index in [1.807, 2.05) is 218 Å². The van der Waals surface area contributed by atoms with Crippen molar-refractivity contribution < 1.29 is 79.5 Å². The van der Waals surface area contributed by atoms with Gasteiger partial charge >= 0.3 is 35.8 Å². The van der Waals surface area contributed by atoms with Crippen LogP contribution in [0.15, 0.2) is 355 Å². The fraction of sp³-hybridized carbons (Fsp3) is 0.104. The van der Waals surface area contributed by atoms with Crippen molar-refractivity contribution in [1.29, 1.82) is 0 Å². The highest BCUT2D eigenvalue weighted by molar-refractivity contribution is 9.09. The quantitative estimate of drug-likeness (QED) is 0.00745. The Bertz CT molecular complexity index is 5800. The van der Waals surface area contributed by atoms with E-state index < -0.39 is 92.8 Å². The second kappa shape index (κ2) is 42.3. The lowest BCUT2D eigenvalue weighted by Gasteiger charge is -2.30. The fourth-order valence-electron chi connectivity index (χ4n) is 12.3. The van der Waals surface area contributed by atoms with Crippen LogP contribution in [-0.4, -0.2) is 119 Å². The molecule has 0 aliphatic heterocycles. The SMILES string of the molecule is CO/N=C/[C@H](OC(=O)c1ccc(-c2ccccc2)cc1)[C@@H](OC(=O)c1ccc(-c2ccccc2)cc1)[C@H](Br)COC(=O)c1ccc(-c2ccccc2)cc1.CO/N=C/[C@H](OC(=O)c1ccc(-c2ccccc2)cc1)[C@@H](OC(=O)c1ccc(-c2ccccc2)cc1)[C@H](COC(=O)c1ccc(-c2ccccc2)cc1)OS(=O)(=O)c1cc(Cl)c(Cl)cc1Cl. The molecule has 0 heterocycles. The number of carbonyl (C=O) groups excluding carboxylic acids is 6. The van der Waals surface area contributed by atoms with Crippen LogP contribution < -0.4 is 0 Å². The first kappa shape index (κ1) is 86.2. The maximum atomic E-state index is 14.2. The van der Waals surface area contributed by atoms with E-state index in [-0.39, 0.29) is 49.5 Å². The van der Waals surface area contributed by atoms with E-state index in [4.69, 9.17) is 77.1 Å². The first-order valence-corrected chi connectivity index (χ1v) is 40.7. The summed E-state index contributed by atoms with van der Waals surface area (Å²) >= 11 is 22.3. The van der Waals surface area contributed by atoms with Crippen LogP contribution in [-0.2, 0) is 52.4 Å². The second-order valence-corrected chi connectivity index (χ2v) is 30.5. The summed E-state index contributed by atoms with van der Waals surface area (Å²) in [5.41, 5.74) is 12.0. The van der Waals surface area contributed by atoms with E-state index in [2.05, 4.69) is 26.2 Å². The monoisotopic (exact) mass is 1740 g/mol. The fourth-order valence-corrected chi connectivity index (χ4v) is 14.9. The minimum absolute atomic E-state index is 0.0228. The lowest BCUT2D eigenvalue weighted by Crippen LogP contribution is -2.48. The number of halogens is 4. The van der Waals surface area contributed by atoms with E-state index in [0.29, 0.717) is 5.56 Å². The van der Waals surface area contributed by atoms with Gasteiger partial charge in [0.25, 0.3) is 10.1 Å². The van der Waals surface area contributed by atoms with Gasteiger partial charge in [-0.05, 0) is 152 Å². The number of esters is 6. The lowest BCUT2D eigenvalue weighted by atomic mass is 10.0. The average molecular weight is 1750 g/mol. The molecule has 0 aromatic heterocycles. The largest absolute Gasteiger partial charge is 0.461 e. The van der Waals surface area contributed by atoms with Crippen LogP contribution in [0.25, 0.3) is 66.8 Å². The van der Waals surface area contributed by atoms with Crippen LogP contribution in [0, 0.1) is 0 Å². The molecule has 13 aromatic rings. The molecule has 13 aromatic carbocycles. The molecule has 0 unspecified atom stereocenters. The van der Waals surface area contributed by atoms with Crippen molar-refractivity contribution in [3.8, 4) is 66.8 Å². The van der Waals surface area contributed by atoms with Gasteiger partial charge in [0, 0.05) is 0 Å². The molecule has 0 amide bonds. The molecular formula is C96H74BrCl3N2O17S. The topological polar surface area (TPSA) is 244 Å². The minimum Gasteiger partial charge on any atom is -0.461 e. The predicted octanol–water partition coefficient (Wildman–Crippen LogP) is 21.4. The Balaban J connectivity index is 0.000000224. The Morgan fingerprint density at radius 2 is 0.558 bits per heavy atom. The maximum absolute atomic E-state index is 14.2. The summed E-state index contributed by atoms with van der Waals surface area (Å²) in [4.78, 5) is 90.6. The highest BCUT2D eigenvalue weighted by Gasteiger charge is 2.42. The van der Waals surface area contributed by atoms with Gasteiger partial charge in [0.05, 0.1) is 65.7 Å². The van der Waals surface area contributed by atoms with Crippen LogP contribution in [0.4, 0.5) is 0 Å². The van der Waals surface area contributed by atoms with Gasteiger partial charge in [-0.1, -0.05) is 316 Å². The van der Waals surface area contributed by atoms with Gasteiger partial charge in [-0.2, -0.15) is 8.42 Å². The summed E-state index contributed by atoms with van der Waals surface area (Å²) in [5, 5.41) is 7.07. The minimum atomic E-state index is -5.00. The summed E-state index contributed by atoms with van der Waals surface area (Å²) in [6, 6.07) is 100.0. The molecule has 604 valence electrons. The molecule has 24 heteroatoms. The first-order chi connectivity index (χ1) is 58.3. The number of benzene rings is 13. The zero-order valence-corrected chi connectivity index (χ0v) is 68.8. The van der Waals surface area contributed by atoms with Crippen molar-refractivity contribution in [3.05, 3.63) is 388 Å². The van der Waals surface area contributed by atoms with Crippen molar-refractivity contribution in [1.82, 2.24) is 0 Å². The Labute approximate surface area is 716 Å². The highest BCUT2D eigenvalue weighted by Crippen LogP contribution is 2.35. The third-order valence-electron chi connectivity index (χ3n) is 18.6. The number of rotatable bonds is 31. The van der Waals surface area contributed by atoms with Crippen molar-refractivity contribution in [2.75, 3.05) is 27.4 Å². The maximum Gasteiger partial charge on any atom is 0.338 e. The molecule has 120 heavy (non-hydrogen) atoms. The number of carbonyl (C=O) groups is 6. The summed E-state index contributed by atoms with van der Waals surface area (Å²) < 4.78 is 69.5. The molecule has 13 rings (SSSR count). The van der Waals surface area contributed by atoms with Crippen LogP contribution in [0.3, 0.4) is 0 Å². The lowest BCUT2D eigenvalue weighted by molar-refractivity contribution is -0.0685. The zero-order chi connectivity index (χ0) is 84.3. The average Bonchev–Trinajstić information content (AvgIpc) is 0.786. The van der Waals surface area contributed by atoms with E-state index in [1.54, 1.807) is 72.8 Å². The van der Waals surface area contributed by atoms with Crippen molar-refractivity contribution in [3.63, 3.8) is 0 Å². The molecule has 0 aliphatic rings. The van der Waals surface area contributed by atoms with E-state index in [1.165, 1.54) is 56.8 Å². The van der Waals surface area contributed by atoms with Crippen molar-refractivity contribution in [2.45, 2.75) is 40.2 Å². The van der Waals surface area contributed by atoms with Gasteiger partial charge < -0.3 is 38.1 Å². The number of oxime groups is 2. The smallest absolute Gasteiger partial charge is 0.338 e. The molecule has 0 radical (unpaired) electrons. The van der Waals surface area contributed by atoms with Crippen molar-refractivity contribution in [2.24, 2.45) is 10.3 Å². The first-order valence-electron chi connectivity index (χ1n) is 37.3. The molecule has 19 nitrogen and oxygen atoms in total. The molecule has 0 spiro atoms. The van der Waals surface area contributed by atoms with Crippen LogP contribution in [0.5, 0.6) is 0 Å². The molecule has 0 saturated carbocycles. The summed E-state index contributed by atoms with van der Waals surface area (Å²) in [6.45, 7) is -1.15. The van der Waals surface area contributed by atoms with Crippen LogP contribution >= 0.6 is 50.7 Å². The Hall–Kier alpha value is -13.1. The number of hydrogen-bond donors (Lipinski definition) is 0. The normalized spacial score (nSPS) is 12.7. The van der Waals surface area contributed by atoms with Crippen molar-refractivity contribution >= 4 is 109 Å². The van der Waals surface area contributed by atoms with E-state index in [0.717, 1.165) is 85.1 Å². The predicted molar refractivity (Wildman–Crippen MR) is 466 cm³/mol. The van der Waals surface area contributed by atoms with Gasteiger partial charge in [0.1, 0.15) is 32.3 Å². The summed E-state index contributed by atoms with van der Waals surface area (Å²) in [5.74, 6) is -4.79. The van der Waals surface area contributed by atoms with Crippen LogP contribution in [0.2, 0.25) is 15.1 Å². The molecule has 0 N–H and O–H groups in total. The van der Waals surface area contributed by atoms with Crippen LogP contribution in [0.1, 0.15) is 62.1 Å². The number of ether oxygens (including phenoxy) is 6. The molecule has 0 fully saturated rings.